The Morgan fingerprint density at radius 3 is 2.52 bits per heavy atom. The van der Waals surface area contributed by atoms with E-state index in [1.807, 2.05) is 18.2 Å². The molecule has 2 fully saturated rings. The number of nitrogens with one attached hydrogen (secondary N) is 1. The third-order valence-corrected chi connectivity index (χ3v) is 7.87. The van der Waals surface area contributed by atoms with Crippen molar-refractivity contribution in [2.75, 3.05) is 31.1 Å². The number of piperidine rings is 1. The molecule has 1 aliphatic carbocycles. The molecule has 3 aliphatic rings. The van der Waals surface area contributed by atoms with Gasteiger partial charge in [-0.15, -0.1) is 0 Å². The van der Waals surface area contributed by atoms with E-state index in [1.165, 1.54) is 0 Å². The van der Waals surface area contributed by atoms with Crippen LogP contribution in [0.2, 0.25) is 0 Å². The predicted molar refractivity (Wildman–Crippen MR) is 152 cm³/mol. The Hall–Kier alpha value is -3.75. The standard InChI is InChI=1S/C31H38N4O5/c1-31(2,3)23-15-21(16-25(34-12-10-22(36)11-13-34)29(23)40-14-4-5-27(38)39)26(37)18-35-17-20-8-9-24(19-6-7-19)33-28(20)30(35)32/h8-9,15-16,19,32H,4-7,10-14,17-18H2,1-3H3,(H,38,39). The molecule has 3 heterocycles. The van der Waals surface area contributed by atoms with Gasteiger partial charge in [0.05, 0.1) is 18.8 Å². The SMILES string of the molecule is CC(C)(C)c1cc(C(=O)CN2Cc3ccc(C4CC4)nc3C2=N)cc(N2CCC(=O)CC2)c1OCCCC(=O)O. The molecule has 1 saturated heterocycles. The van der Waals surface area contributed by atoms with Gasteiger partial charge in [0.15, 0.2) is 5.78 Å². The van der Waals surface area contributed by atoms with Crippen LogP contribution in [0.25, 0.3) is 0 Å². The van der Waals surface area contributed by atoms with Crippen molar-refractivity contribution in [3.8, 4) is 5.75 Å². The number of carboxylic acid groups (broad SMARTS) is 1. The fourth-order valence-corrected chi connectivity index (χ4v) is 5.39. The van der Waals surface area contributed by atoms with E-state index < -0.39 is 5.97 Å². The smallest absolute Gasteiger partial charge is 0.303 e. The number of hydrogen-bond donors (Lipinski definition) is 2. The number of rotatable bonds is 10. The van der Waals surface area contributed by atoms with Gasteiger partial charge in [-0.25, -0.2) is 4.98 Å². The molecule has 0 spiro atoms. The van der Waals surface area contributed by atoms with Gasteiger partial charge < -0.3 is 19.6 Å². The molecule has 40 heavy (non-hydrogen) atoms. The van der Waals surface area contributed by atoms with Crippen LogP contribution in [0.4, 0.5) is 5.69 Å². The third-order valence-electron chi connectivity index (χ3n) is 7.87. The zero-order valence-corrected chi connectivity index (χ0v) is 23.6. The van der Waals surface area contributed by atoms with Gasteiger partial charge in [0, 0.05) is 67.2 Å². The van der Waals surface area contributed by atoms with Crippen molar-refractivity contribution >= 4 is 29.1 Å². The first-order valence-corrected chi connectivity index (χ1v) is 14.2. The molecule has 0 unspecified atom stereocenters. The maximum Gasteiger partial charge on any atom is 0.303 e. The highest BCUT2D eigenvalue weighted by Crippen LogP contribution is 2.42. The van der Waals surface area contributed by atoms with Crippen LogP contribution in [-0.2, 0) is 21.5 Å². The minimum atomic E-state index is -0.871. The number of hydrogen-bond acceptors (Lipinski definition) is 7. The van der Waals surface area contributed by atoms with Gasteiger partial charge in [0.25, 0.3) is 0 Å². The van der Waals surface area contributed by atoms with E-state index in [9.17, 15) is 14.4 Å². The zero-order chi connectivity index (χ0) is 28.6. The average Bonchev–Trinajstić information content (AvgIpc) is 3.71. The van der Waals surface area contributed by atoms with Crippen molar-refractivity contribution in [1.29, 1.82) is 5.41 Å². The lowest BCUT2D eigenvalue weighted by Crippen LogP contribution is -2.35. The van der Waals surface area contributed by atoms with Crippen LogP contribution < -0.4 is 9.64 Å². The van der Waals surface area contributed by atoms with E-state index in [2.05, 4.69) is 31.7 Å². The van der Waals surface area contributed by atoms with Crippen LogP contribution in [0.3, 0.4) is 0 Å². The summed E-state index contributed by atoms with van der Waals surface area (Å²) in [6.07, 6.45) is 3.53. The number of carboxylic acids is 1. The summed E-state index contributed by atoms with van der Waals surface area (Å²) < 4.78 is 6.23. The maximum atomic E-state index is 13.8. The van der Waals surface area contributed by atoms with Crippen LogP contribution in [-0.4, -0.2) is 64.6 Å². The molecule has 1 aromatic carbocycles. The van der Waals surface area contributed by atoms with Crippen molar-refractivity contribution in [2.24, 2.45) is 0 Å². The summed E-state index contributed by atoms with van der Waals surface area (Å²) >= 11 is 0. The first-order chi connectivity index (χ1) is 19.0. The van der Waals surface area contributed by atoms with Gasteiger partial charge in [-0.05, 0) is 42.9 Å². The molecule has 5 rings (SSSR count). The molecular formula is C31H38N4O5. The molecule has 1 aromatic heterocycles. The fourth-order valence-electron chi connectivity index (χ4n) is 5.39. The van der Waals surface area contributed by atoms with Crippen LogP contribution in [0, 0.1) is 5.41 Å². The Morgan fingerprint density at radius 1 is 1.15 bits per heavy atom. The number of aromatic nitrogens is 1. The van der Waals surface area contributed by atoms with E-state index in [0.717, 1.165) is 35.3 Å². The van der Waals surface area contributed by atoms with Gasteiger partial charge in [-0.2, -0.15) is 0 Å². The lowest BCUT2D eigenvalue weighted by molar-refractivity contribution is -0.137. The van der Waals surface area contributed by atoms with Crippen molar-refractivity contribution in [3.63, 3.8) is 0 Å². The van der Waals surface area contributed by atoms with Crippen LogP contribution in [0.15, 0.2) is 24.3 Å². The number of fused-ring (bicyclic) bond motifs is 1. The maximum absolute atomic E-state index is 13.8. The molecule has 0 bridgehead atoms. The monoisotopic (exact) mass is 546 g/mol. The van der Waals surface area contributed by atoms with Gasteiger partial charge in [0.2, 0.25) is 0 Å². The molecule has 9 heteroatoms. The molecule has 0 radical (unpaired) electrons. The number of pyridine rings is 1. The van der Waals surface area contributed by atoms with Crippen molar-refractivity contribution < 1.29 is 24.2 Å². The molecule has 212 valence electrons. The number of anilines is 1. The largest absolute Gasteiger partial charge is 0.491 e. The normalized spacial score (nSPS) is 17.3. The summed E-state index contributed by atoms with van der Waals surface area (Å²) in [6, 6.07) is 7.81. The van der Waals surface area contributed by atoms with Crippen LogP contribution >= 0.6 is 0 Å². The van der Waals surface area contributed by atoms with Crippen LogP contribution in [0.1, 0.15) is 98.1 Å². The quantitative estimate of drug-likeness (QED) is 0.325. The highest BCUT2D eigenvalue weighted by Gasteiger charge is 2.33. The summed E-state index contributed by atoms with van der Waals surface area (Å²) in [5, 5.41) is 17.8. The Labute approximate surface area is 235 Å². The minimum Gasteiger partial charge on any atom is -0.491 e. The van der Waals surface area contributed by atoms with Gasteiger partial charge in [-0.3, -0.25) is 19.8 Å². The summed E-state index contributed by atoms with van der Waals surface area (Å²) in [5.74, 6) is 0.671. The molecule has 2 N–H and O–H groups in total. The molecule has 2 aliphatic heterocycles. The first kappa shape index (κ1) is 27.8. The van der Waals surface area contributed by atoms with Crippen molar-refractivity contribution in [1.82, 2.24) is 9.88 Å². The fraction of sp³-hybridized carbons (Fsp3) is 0.516. The lowest BCUT2D eigenvalue weighted by atomic mass is 9.84. The van der Waals surface area contributed by atoms with Crippen molar-refractivity contribution in [2.45, 2.75) is 77.2 Å². The Bertz CT molecular complexity index is 1350. The number of Topliss-reactive ketones (excluding diaryl/α,β-unsaturated/α-hetero) is 2. The molecule has 1 saturated carbocycles. The van der Waals surface area contributed by atoms with E-state index >= 15 is 0 Å². The number of aliphatic carboxylic acids is 1. The van der Waals surface area contributed by atoms with E-state index in [1.54, 1.807) is 4.90 Å². The average molecular weight is 547 g/mol. The summed E-state index contributed by atoms with van der Waals surface area (Å²) in [5.41, 5.74) is 4.47. The second-order valence-electron chi connectivity index (χ2n) is 12.1. The van der Waals surface area contributed by atoms with Gasteiger partial charge >= 0.3 is 5.97 Å². The third kappa shape index (κ3) is 6.03. The number of nitrogens with zero attached hydrogens (tertiary/aromatic N) is 3. The number of ether oxygens (including phenoxy) is 1. The lowest BCUT2D eigenvalue weighted by Gasteiger charge is -2.33. The van der Waals surface area contributed by atoms with Gasteiger partial charge in [0.1, 0.15) is 23.1 Å². The van der Waals surface area contributed by atoms with E-state index in [-0.39, 0.29) is 42.4 Å². The van der Waals surface area contributed by atoms with E-state index in [0.29, 0.717) is 61.8 Å². The van der Waals surface area contributed by atoms with Crippen LogP contribution in [0.5, 0.6) is 5.75 Å². The molecule has 0 amide bonds. The Balaban J connectivity index is 1.43. The second-order valence-corrected chi connectivity index (χ2v) is 12.1. The zero-order valence-electron chi connectivity index (χ0n) is 23.6. The second kappa shape index (κ2) is 11.0. The predicted octanol–water partition coefficient (Wildman–Crippen LogP) is 4.69. The number of ketones is 2. The highest BCUT2D eigenvalue weighted by atomic mass is 16.5. The molecule has 9 nitrogen and oxygen atoms in total. The summed E-state index contributed by atoms with van der Waals surface area (Å²) in [4.78, 5) is 45.4. The number of carbonyl (C=O) groups is 3. The number of carbonyl (C=O) groups excluding carboxylic acids is 2. The van der Waals surface area contributed by atoms with Gasteiger partial charge in [-0.1, -0.05) is 26.8 Å². The molecule has 2 aromatic rings. The first-order valence-electron chi connectivity index (χ1n) is 14.2. The summed E-state index contributed by atoms with van der Waals surface area (Å²) in [6.45, 7) is 8.02. The summed E-state index contributed by atoms with van der Waals surface area (Å²) in [7, 11) is 0. The highest BCUT2D eigenvalue weighted by molar-refractivity contribution is 6.05. The molecular weight excluding hydrogens is 508 g/mol. The molecule has 0 atom stereocenters. The van der Waals surface area contributed by atoms with E-state index in [4.69, 9.17) is 20.2 Å². The topological polar surface area (TPSA) is 124 Å². The minimum absolute atomic E-state index is 0.0101. The Kier molecular flexibility index (Phi) is 7.66. The van der Waals surface area contributed by atoms with Crippen molar-refractivity contribution in [3.05, 3.63) is 52.3 Å². The number of amidine groups is 1. The Morgan fingerprint density at radius 2 is 1.88 bits per heavy atom. The number of benzene rings is 1.